The van der Waals surface area contributed by atoms with E-state index in [4.69, 9.17) is 9.47 Å². The van der Waals surface area contributed by atoms with E-state index in [0.29, 0.717) is 0 Å². The Labute approximate surface area is 159 Å². The number of rotatable bonds is 7. The van der Waals surface area contributed by atoms with Crippen LogP contribution in [0, 0.1) is 0 Å². The lowest BCUT2D eigenvalue weighted by molar-refractivity contribution is 0.402. The summed E-state index contributed by atoms with van der Waals surface area (Å²) in [6.45, 7) is 0. The second-order valence-corrected chi connectivity index (χ2v) is 6.51. The molecular formula is C18H20I2O2. The molecule has 2 nitrogen and oxygen atoms in total. The highest BCUT2D eigenvalue weighted by Crippen LogP contribution is 2.30. The average molecular weight is 522 g/mol. The second kappa shape index (κ2) is 8.96. The molecule has 0 amide bonds. The first-order valence-electron chi connectivity index (χ1n) is 7.16. The molecule has 0 aliphatic rings. The Morgan fingerprint density at radius 3 is 1.36 bits per heavy atom. The first-order chi connectivity index (χ1) is 10.7. The highest BCUT2D eigenvalue weighted by Gasteiger charge is 2.11. The average Bonchev–Trinajstić information content (AvgIpc) is 2.58. The zero-order valence-corrected chi connectivity index (χ0v) is 17.2. The van der Waals surface area contributed by atoms with Gasteiger partial charge in [-0.15, -0.1) is 0 Å². The monoisotopic (exact) mass is 522 g/mol. The summed E-state index contributed by atoms with van der Waals surface area (Å²) >= 11 is 4.76. The van der Waals surface area contributed by atoms with Crippen LogP contribution >= 0.6 is 45.2 Å². The minimum Gasteiger partial charge on any atom is -0.496 e. The maximum Gasteiger partial charge on any atom is 0.126 e. The molecule has 0 saturated carbocycles. The van der Waals surface area contributed by atoms with Crippen molar-refractivity contribution in [1.29, 1.82) is 0 Å². The minimum absolute atomic E-state index is 0.953. The van der Waals surface area contributed by atoms with E-state index in [0.717, 1.165) is 33.2 Å². The van der Waals surface area contributed by atoms with Crippen molar-refractivity contribution in [2.45, 2.75) is 21.7 Å². The fraction of sp³-hybridized carbons (Fsp3) is 0.333. The van der Waals surface area contributed by atoms with E-state index < -0.39 is 0 Å². The highest BCUT2D eigenvalue weighted by atomic mass is 127. The quantitative estimate of drug-likeness (QED) is 0.361. The summed E-state index contributed by atoms with van der Waals surface area (Å²) < 4.78 is 13.2. The summed E-state index contributed by atoms with van der Waals surface area (Å²) in [4.78, 5) is 0. The number of benzene rings is 2. The first-order valence-corrected chi connectivity index (χ1v) is 10.2. The summed E-state index contributed by atoms with van der Waals surface area (Å²) in [5, 5.41) is 0. The molecule has 0 saturated heterocycles. The Morgan fingerprint density at radius 1 is 0.682 bits per heavy atom. The van der Waals surface area contributed by atoms with Crippen LogP contribution in [-0.2, 0) is 21.7 Å². The third kappa shape index (κ3) is 4.07. The highest BCUT2D eigenvalue weighted by molar-refractivity contribution is 14.1. The smallest absolute Gasteiger partial charge is 0.126 e. The number of halogens is 2. The lowest BCUT2D eigenvalue weighted by atomic mass is 9.99. The summed E-state index contributed by atoms with van der Waals surface area (Å²) in [6, 6.07) is 12.8. The summed E-state index contributed by atoms with van der Waals surface area (Å²) in [7, 11) is 3.51. The van der Waals surface area contributed by atoms with Gasteiger partial charge in [-0.25, -0.2) is 0 Å². The van der Waals surface area contributed by atoms with E-state index in [-0.39, 0.29) is 0 Å². The van der Waals surface area contributed by atoms with E-state index in [1.54, 1.807) is 14.2 Å². The van der Waals surface area contributed by atoms with Crippen molar-refractivity contribution >= 4 is 45.2 Å². The van der Waals surface area contributed by atoms with E-state index >= 15 is 0 Å². The van der Waals surface area contributed by atoms with Crippen LogP contribution in [0.4, 0.5) is 0 Å². The van der Waals surface area contributed by atoms with E-state index in [1.807, 2.05) is 0 Å². The Bertz CT molecular complexity index is 571. The van der Waals surface area contributed by atoms with Crippen molar-refractivity contribution in [2.24, 2.45) is 0 Å². The lowest BCUT2D eigenvalue weighted by Crippen LogP contribution is -2.01. The molecule has 0 radical (unpaired) electrons. The van der Waals surface area contributed by atoms with Gasteiger partial charge in [0.05, 0.1) is 14.2 Å². The lowest BCUT2D eigenvalue weighted by Gasteiger charge is -2.15. The molecule has 0 spiro atoms. The minimum atomic E-state index is 0.953. The van der Waals surface area contributed by atoms with Crippen LogP contribution in [0.2, 0.25) is 0 Å². The van der Waals surface area contributed by atoms with E-state index in [1.165, 1.54) is 22.3 Å². The van der Waals surface area contributed by atoms with Crippen LogP contribution in [0.5, 0.6) is 11.5 Å². The number of methoxy groups -OCH3 is 2. The number of ether oxygens (including phenoxy) is 2. The Balaban J connectivity index is 2.24. The van der Waals surface area contributed by atoms with E-state index in [2.05, 4.69) is 81.6 Å². The number of aryl methyl sites for hydroxylation is 2. The van der Waals surface area contributed by atoms with Gasteiger partial charge in [-0.05, 0) is 24.0 Å². The van der Waals surface area contributed by atoms with E-state index in [9.17, 15) is 0 Å². The number of hydrogen-bond donors (Lipinski definition) is 0. The molecule has 0 atom stereocenters. The Kier molecular flexibility index (Phi) is 7.27. The van der Waals surface area contributed by atoms with Crippen molar-refractivity contribution in [1.82, 2.24) is 0 Å². The van der Waals surface area contributed by atoms with Gasteiger partial charge in [0, 0.05) is 20.0 Å². The first kappa shape index (κ1) is 17.8. The van der Waals surface area contributed by atoms with Gasteiger partial charge in [0.2, 0.25) is 0 Å². The largest absolute Gasteiger partial charge is 0.496 e. The number of alkyl halides is 2. The molecule has 0 bridgehead atoms. The standard InChI is InChI=1S/C18H20I2O2/c1-21-17-13(5-3-7-15(17)11-19)9-10-14-6-4-8-16(12-20)18(14)22-2/h3-8H,9-12H2,1-2H3. The van der Waals surface area contributed by atoms with Crippen LogP contribution in [0.1, 0.15) is 22.3 Å². The van der Waals surface area contributed by atoms with Crippen molar-refractivity contribution in [2.75, 3.05) is 14.2 Å². The van der Waals surface area contributed by atoms with Crippen LogP contribution < -0.4 is 9.47 Å². The molecule has 0 heterocycles. The number of para-hydroxylation sites is 2. The third-order valence-corrected chi connectivity index (χ3v) is 5.36. The van der Waals surface area contributed by atoms with Crippen LogP contribution in [0.3, 0.4) is 0 Å². The van der Waals surface area contributed by atoms with Gasteiger partial charge >= 0.3 is 0 Å². The molecule has 2 aromatic carbocycles. The number of hydrogen-bond acceptors (Lipinski definition) is 2. The van der Waals surface area contributed by atoms with Gasteiger partial charge in [-0.1, -0.05) is 81.6 Å². The molecule has 0 aliphatic carbocycles. The molecule has 118 valence electrons. The van der Waals surface area contributed by atoms with Gasteiger partial charge in [0.15, 0.2) is 0 Å². The zero-order chi connectivity index (χ0) is 15.9. The van der Waals surface area contributed by atoms with Crippen LogP contribution in [0.15, 0.2) is 36.4 Å². The second-order valence-electron chi connectivity index (χ2n) is 4.99. The molecule has 22 heavy (non-hydrogen) atoms. The SMILES string of the molecule is COc1c(CI)cccc1CCc1cccc(CI)c1OC. The van der Waals surface area contributed by atoms with Gasteiger partial charge < -0.3 is 9.47 Å². The molecular weight excluding hydrogens is 502 g/mol. The topological polar surface area (TPSA) is 18.5 Å². The molecule has 2 rings (SSSR count). The summed E-state index contributed by atoms with van der Waals surface area (Å²) in [5.41, 5.74) is 5.04. The Morgan fingerprint density at radius 2 is 1.05 bits per heavy atom. The normalized spacial score (nSPS) is 10.5. The van der Waals surface area contributed by atoms with Crippen LogP contribution in [-0.4, -0.2) is 14.2 Å². The fourth-order valence-corrected chi connectivity index (χ4v) is 3.88. The van der Waals surface area contributed by atoms with Gasteiger partial charge in [0.1, 0.15) is 11.5 Å². The molecule has 0 N–H and O–H groups in total. The van der Waals surface area contributed by atoms with Crippen molar-refractivity contribution < 1.29 is 9.47 Å². The summed E-state index contributed by atoms with van der Waals surface area (Å²) in [5.74, 6) is 2.06. The molecule has 0 aliphatic heterocycles. The maximum atomic E-state index is 5.62. The molecule has 4 heteroatoms. The van der Waals surface area contributed by atoms with Gasteiger partial charge in [0.25, 0.3) is 0 Å². The van der Waals surface area contributed by atoms with Crippen LogP contribution in [0.25, 0.3) is 0 Å². The van der Waals surface area contributed by atoms with Crippen molar-refractivity contribution in [3.63, 3.8) is 0 Å². The molecule has 0 aromatic heterocycles. The Hall–Kier alpha value is -0.500. The predicted molar refractivity (Wildman–Crippen MR) is 109 cm³/mol. The maximum absolute atomic E-state index is 5.62. The summed E-state index contributed by atoms with van der Waals surface area (Å²) in [6.07, 6.45) is 1.91. The third-order valence-electron chi connectivity index (χ3n) is 3.72. The molecule has 0 fully saturated rings. The van der Waals surface area contributed by atoms with Gasteiger partial charge in [-0.3, -0.25) is 0 Å². The fourth-order valence-electron chi connectivity index (χ4n) is 2.67. The van der Waals surface area contributed by atoms with Crippen molar-refractivity contribution in [3.05, 3.63) is 58.7 Å². The molecule has 0 unspecified atom stereocenters. The predicted octanol–water partition coefficient (Wildman–Crippen LogP) is 5.36. The molecule has 2 aromatic rings. The van der Waals surface area contributed by atoms with Gasteiger partial charge in [-0.2, -0.15) is 0 Å². The van der Waals surface area contributed by atoms with Crippen molar-refractivity contribution in [3.8, 4) is 11.5 Å². The zero-order valence-electron chi connectivity index (χ0n) is 12.9.